The van der Waals surface area contributed by atoms with Gasteiger partial charge in [-0.2, -0.15) is 0 Å². The third-order valence-electron chi connectivity index (χ3n) is 5.67. The maximum Gasteiger partial charge on any atom is 0.0474 e. The van der Waals surface area contributed by atoms with E-state index in [1.165, 1.54) is 57.9 Å². The van der Waals surface area contributed by atoms with Gasteiger partial charge in [0.1, 0.15) is 0 Å². The number of nitrogens with one attached hydrogen (secondary N) is 1. The fourth-order valence-electron chi connectivity index (χ4n) is 4.62. The van der Waals surface area contributed by atoms with E-state index in [0.717, 1.165) is 17.8 Å². The molecule has 3 aliphatic rings. The third-order valence-corrected chi connectivity index (χ3v) is 5.67. The second-order valence-corrected chi connectivity index (χ2v) is 6.68. The Hall–Kier alpha value is -0.0800. The molecule has 2 heteroatoms. The summed E-state index contributed by atoms with van der Waals surface area (Å²) in [5.41, 5.74) is 0. The molecule has 98 valence electrons. The zero-order chi connectivity index (χ0) is 11.7. The van der Waals surface area contributed by atoms with Gasteiger partial charge in [-0.15, -0.1) is 0 Å². The van der Waals surface area contributed by atoms with Crippen molar-refractivity contribution in [3.8, 4) is 0 Å². The molecule has 0 aliphatic heterocycles. The SMILES string of the molecule is OCC1CCCCC1NCC1CC2CCC1C2. The Kier molecular flexibility index (Phi) is 3.72. The topological polar surface area (TPSA) is 32.3 Å². The van der Waals surface area contributed by atoms with E-state index in [4.69, 9.17) is 0 Å². The molecule has 0 heterocycles. The van der Waals surface area contributed by atoms with Crippen LogP contribution in [0.1, 0.15) is 51.4 Å². The van der Waals surface area contributed by atoms with Crippen molar-refractivity contribution >= 4 is 0 Å². The molecule has 0 saturated heterocycles. The standard InChI is InChI=1S/C15H27NO/c17-10-13-3-1-2-4-15(13)16-9-14-8-11-5-6-12(14)7-11/h11-17H,1-10H2. The van der Waals surface area contributed by atoms with Crippen LogP contribution in [0.15, 0.2) is 0 Å². The van der Waals surface area contributed by atoms with Crippen LogP contribution in [0, 0.1) is 23.7 Å². The van der Waals surface area contributed by atoms with E-state index in [1.807, 2.05) is 0 Å². The first-order valence-corrected chi connectivity index (χ1v) is 7.71. The van der Waals surface area contributed by atoms with Gasteiger partial charge in [-0.3, -0.25) is 0 Å². The zero-order valence-corrected chi connectivity index (χ0v) is 10.9. The van der Waals surface area contributed by atoms with Crippen molar-refractivity contribution in [1.29, 1.82) is 0 Å². The summed E-state index contributed by atoms with van der Waals surface area (Å²) in [5, 5.41) is 13.2. The van der Waals surface area contributed by atoms with Gasteiger partial charge in [0.15, 0.2) is 0 Å². The van der Waals surface area contributed by atoms with E-state index < -0.39 is 0 Å². The van der Waals surface area contributed by atoms with Crippen LogP contribution < -0.4 is 5.32 Å². The smallest absolute Gasteiger partial charge is 0.0474 e. The Bertz CT molecular complexity index is 255. The van der Waals surface area contributed by atoms with Crippen molar-refractivity contribution in [1.82, 2.24) is 5.32 Å². The lowest BCUT2D eigenvalue weighted by atomic mass is 9.83. The van der Waals surface area contributed by atoms with Gasteiger partial charge in [0.25, 0.3) is 0 Å². The van der Waals surface area contributed by atoms with Crippen LogP contribution in [0.3, 0.4) is 0 Å². The average Bonchev–Trinajstić information content (AvgIpc) is 2.98. The van der Waals surface area contributed by atoms with Gasteiger partial charge in [-0.25, -0.2) is 0 Å². The van der Waals surface area contributed by atoms with Crippen LogP contribution >= 0.6 is 0 Å². The largest absolute Gasteiger partial charge is 0.396 e. The molecule has 17 heavy (non-hydrogen) atoms. The molecule has 3 aliphatic carbocycles. The lowest BCUT2D eigenvalue weighted by molar-refractivity contribution is 0.146. The lowest BCUT2D eigenvalue weighted by Gasteiger charge is -2.33. The minimum Gasteiger partial charge on any atom is -0.396 e. The Labute approximate surface area is 105 Å². The average molecular weight is 237 g/mol. The Morgan fingerprint density at radius 1 is 0.941 bits per heavy atom. The quantitative estimate of drug-likeness (QED) is 0.787. The Balaban J connectivity index is 1.46. The highest BCUT2D eigenvalue weighted by molar-refractivity contribution is 4.92. The van der Waals surface area contributed by atoms with Gasteiger partial charge in [0.05, 0.1) is 0 Å². The van der Waals surface area contributed by atoms with Crippen LogP contribution in [-0.2, 0) is 0 Å². The van der Waals surface area contributed by atoms with E-state index in [9.17, 15) is 5.11 Å². The molecule has 0 radical (unpaired) electrons. The predicted octanol–water partition coefficient (Wildman–Crippen LogP) is 2.56. The minimum absolute atomic E-state index is 0.383. The molecule has 0 aromatic rings. The molecule has 2 bridgehead atoms. The van der Waals surface area contributed by atoms with Gasteiger partial charge in [0.2, 0.25) is 0 Å². The van der Waals surface area contributed by atoms with Crippen molar-refractivity contribution < 1.29 is 5.11 Å². The van der Waals surface area contributed by atoms with E-state index in [-0.39, 0.29) is 0 Å². The van der Waals surface area contributed by atoms with Gasteiger partial charge < -0.3 is 10.4 Å². The summed E-state index contributed by atoms with van der Waals surface area (Å²) < 4.78 is 0. The van der Waals surface area contributed by atoms with Crippen LogP contribution in [0.25, 0.3) is 0 Å². The van der Waals surface area contributed by atoms with Crippen molar-refractivity contribution in [3.63, 3.8) is 0 Å². The minimum atomic E-state index is 0.383. The van der Waals surface area contributed by atoms with Gasteiger partial charge >= 0.3 is 0 Å². The maximum atomic E-state index is 9.42. The predicted molar refractivity (Wildman–Crippen MR) is 69.8 cm³/mol. The highest BCUT2D eigenvalue weighted by Crippen LogP contribution is 2.48. The molecule has 3 fully saturated rings. The highest BCUT2D eigenvalue weighted by Gasteiger charge is 2.39. The van der Waals surface area contributed by atoms with Crippen molar-refractivity contribution in [2.45, 2.75) is 57.4 Å². The number of aliphatic hydroxyl groups is 1. The molecule has 3 saturated carbocycles. The maximum absolute atomic E-state index is 9.42. The fourth-order valence-corrected chi connectivity index (χ4v) is 4.62. The van der Waals surface area contributed by atoms with Crippen LogP contribution in [0.2, 0.25) is 0 Å². The third kappa shape index (κ3) is 2.53. The molecule has 0 amide bonds. The first-order chi connectivity index (χ1) is 8.36. The second-order valence-electron chi connectivity index (χ2n) is 6.68. The zero-order valence-electron chi connectivity index (χ0n) is 10.9. The fraction of sp³-hybridized carbons (Fsp3) is 1.00. The summed E-state index contributed by atoms with van der Waals surface area (Å²) >= 11 is 0. The number of aliphatic hydroxyl groups excluding tert-OH is 1. The van der Waals surface area contributed by atoms with Crippen molar-refractivity contribution in [3.05, 3.63) is 0 Å². The Morgan fingerprint density at radius 3 is 2.53 bits per heavy atom. The van der Waals surface area contributed by atoms with E-state index in [2.05, 4.69) is 5.32 Å². The summed E-state index contributed by atoms with van der Waals surface area (Å²) in [7, 11) is 0. The lowest BCUT2D eigenvalue weighted by Crippen LogP contribution is -2.43. The molecular formula is C15H27NO. The number of rotatable bonds is 4. The van der Waals surface area contributed by atoms with Crippen molar-refractivity contribution in [2.75, 3.05) is 13.2 Å². The normalized spacial score (nSPS) is 45.4. The molecule has 0 spiro atoms. The molecule has 5 atom stereocenters. The van der Waals surface area contributed by atoms with Gasteiger partial charge in [0, 0.05) is 12.6 Å². The molecule has 2 N–H and O–H groups in total. The van der Waals surface area contributed by atoms with Crippen LogP contribution in [0.4, 0.5) is 0 Å². The molecule has 0 aromatic heterocycles. The summed E-state index contributed by atoms with van der Waals surface area (Å²) in [6.45, 7) is 1.61. The van der Waals surface area contributed by atoms with E-state index in [0.29, 0.717) is 18.6 Å². The number of fused-ring (bicyclic) bond motifs is 2. The molecule has 3 rings (SSSR count). The van der Waals surface area contributed by atoms with E-state index >= 15 is 0 Å². The second kappa shape index (κ2) is 5.27. The molecular weight excluding hydrogens is 210 g/mol. The van der Waals surface area contributed by atoms with Crippen molar-refractivity contribution in [2.24, 2.45) is 23.7 Å². The van der Waals surface area contributed by atoms with Gasteiger partial charge in [-0.05, 0) is 62.3 Å². The first kappa shape index (κ1) is 12.0. The number of hydrogen-bond acceptors (Lipinski definition) is 2. The van der Waals surface area contributed by atoms with Gasteiger partial charge in [-0.1, -0.05) is 19.3 Å². The van der Waals surface area contributed by atoms with E-state index in [1.54, 1.807) is 0 Å². The summed E-state index contributed by atoms with van der Waals surface area (Å²) in [4.78, 5) is 0. The first-order valence-electron chi connectivity index (χ1n) is 7.71. The number of hydrogen-bond donors (Lipinski definition) is 2. The summed E-state index contributed by atoms with van der Waals surface area (Å²) in [6.07, 6.45) is 11.2. The highest BCUT2D eigenvalue weighted by atomic mass is 16.3. The monoisotopic (exact) mass is 237 g/mol. The molecule has 5 unspecified atom stereocenters. The Morgan fingerprint density at radius 2 is 1.82 bits per heavy atom. The molecule has 0 aromatic carbocycles. The summed E-state index contributed by atoms with van der Waals surface area (Å²) in [5.74, 6) is 3.58. The van der Waals surface area contributed by atoms with Crippen LogP contribution in [-0.4, -0.2) is 24.3 Å². The summed E-state index contributed by atoms with van der Waals surface area (Å²) in [6, 6.07) is 0.605. The molecule has 2 nitrogen and oxygen atoms in total. The van der Waals surface area contributed by atoms with Crippen LogP contribution in [0.5, 0.6) is 0 Å².